The number of likely N-dealkylation sites (N-methyl/N-ethyl adjacent to an activating group) is 1. The standard InChI is InChI=1S/C14H18ClIN2O2/c1-9(2)7-17-13(19)8-18(3)14(20)10-4-5-12(16)11(15)6-10/h4-6,9H,7-8H2,1-3H3,(H,17,19). The van der Waals surface area contributed by atoms with Crippen molar-refractivity contribution in [3.63, 3.8) is 0 Å². The monoisotopic (exact) mass is 408 g/mol. The van der Waals surface area contributed by atoms with Crippen molar-refractivity contribution in [1.29, 1.82) is 0 Å². The fourth-order valence-electron chi connectivity index (χ4n) is 1.51. The predicted octanol–water partition coefficient (Wildman–Crippen LogP) is 2.79. The van der Waals surface area contributed by atoms with Crippen LogP contribution >= 0.6 is 34.2 Å². The van der Waals surface area contributed by atoms with Crippen molar-refractivity contribution in [1.82, 2.24) is 10.2 Å². The normalized spacial score (nSPS) is 10.5. The highest BCUT2D eigenvalue weighted by Gasteiger charge is 2.15. The molecular weight excluding hydrogens is 391 g/mol. The van der Waals surface area contributed by atoms with E-state index in [1.54, 1.807) is 25.2 Å². The van der Waals surface area contributed by atoms with Crippen LogP contribution in [0.3, 0.4) is 0 Å². The summed E-state index contributed by atoms with van der Waals surface area (Å²) >= 11 is 8.09. The number of amides is 2. The molecule has 2 amide bonds. The van der Waals surface area contributed by atoms with Gasteiger partial charge in [0.25, 0.3) is 5.91 Å². The first-order valence-corrected chi connectivity index (χ1v) is 7.74. The van der Waals surface area contributed by atoms with Crippen molar-refractivity contribution in [2.45, 2.75) is 13.8 Å². The number of halogens is 2. The van der Waals surface area contributed by atoms with Gasteiger partial charge in [0.2, 0.25) is 5.91 Å². The lowest BCUT2D eigenvalue weighted by molar-refractivity contribution is -0.121. The van der Waals surface area contributed by atoms with Crippen LogP contribution < -0.4 is 5.32 Å². The van der Waals surface area contributed by atoms with Crippen molar-refractivity contribution >= 4 is 46.0 Å². The molecule has 0 aliphatic rings. The second kappa shape index (κ2) is 7.83. The third-order valence-electron chi connectivity index (χ3n) is 2.60. The molecule has 6 heteroatoms. The Balaban J connectivity index is 2.62. The topological polar surface area (TPSA) is 49.4 Å². The summed E-state index contributed by atoms with van der Waals surface area (Å²) in [6, 6.07) is 5.11. The van der Waals surface area contributed by atoms with Gasteiger partial charge in [0.1, 0.15) is 0 Å². The molecule has 0 fully saturated rings. The van der Waals surface area contributed by atoms with Crippen LogP contribution in [0.2, 0.25) is 5.02 Å². The molecule has 4 nitrogen and oxygen atoms in total. The van der Waals surface area contributed by atoms with Gasteiger partial charge in [-0.15, -0.1) is 0 Å². The van der Waals surface area contributed by atoms with E-state index in [0.29, 0.717) is 23.0 Å². The zero-order chi connectivity index (χ0) is 15.3. The van der Waals surface area contributed by atoms with Gasteiger partial charge in [0, 0.05) is 22.7 Å². The van der Waals surface area contributed by atoms with Crippen molar-refractivity contribution < 1.29 is 9.59 Å². The van der Waals surface area contributed by atoms with Gasteiger partial charge in [-0.25, -0.2) is 0 Å². The number of rotatable bonds is 5. The van der Waals surface area contributed by atoms with Crippen LogP contribution in [0.15, 0.2) is 18.2 Å². The van der Waals surface area contributed by atoms with E-state index in [0.717, 1.165) is 3.57 Å². The summed E-state index contributed by atoms with van der Waals surface area (Å²) in [6.45, 7) is 4.68. The number of carbonyl (C=O) groups excluding carboxylic acids is 2. The van der Waals surface area contributed by atoms with Crippen molar-refractivity contribution in [2.24, 2.45) is 5.92 Å². The summed E-state index contributed by atoms with van der Waals surface area (Å²) in [4.78, 5) is 25.2. The molecule has 0 aliphatic heterocycles. The summed E-state index contributed by atoms with van der Waals surface area (Å²) in [5.41, 5.74) is 0.481. The fourth-order valence-corrected chi connectivity index (χ4v) is 2.03. The van der Waals surface area contributed by atoms with Crippen molar-refractivity contribution in [3.05, 3.63) is 32.4 Å². The van der Waals surface area contributed by atoms with Crippen LogP contribution in [0, 0.1) is 9.49 Å². The van der Waals surface area contributed by atoms with Gasteiger partial charge >= 0.3 is 0 Å². The number of nitrogens with one attached hydrogen (secondary N) is 1. The SMILES string of the molecule is CC(C)CNC(=O)CN(C)C(=O)c1ccc(I)c(Cl)c1. The van der Waals surface area contributed by atoms with Gasteiger partial charge in [-0.3, -0.25) is 9.59 Å². The molecule has 0 spiro atoms. The first kappa shape index (κ1) is 17.2. The maximum Gasteiger partial charge on any atom is 0.254 e. The molecule has 0 saturated heterocycles. The Morgan fingerprint density at radius 3 is 2.60 bits per heavy atom. The Morgan fingerprint density at radius 1 is 1.40 bits per heavy atom. The summed E-state index contributed by atoms with van der Waals surface area (Å²) in [6.07, 6.45) is 0. The lowest BCUT2D eigenvalue weighted by Gasteiger charge is -2.17. The largest absolute Gasteiger partial charge is 0.354 e. The van der Waals surface area contributed by atoms with Crippen LogP contribution in [-0.2, 0) is 4.79 Å². The Labute approximate surface area is 138 Å². The number of benzene rings is 1. The average molecular weight is 409 g/mol. The van der Waals surface area contributed by atoms with Gasteiger partial charge in [0.05, 0.1) is 11.6 Å². The lowest BCUT2D eigenvalue weighted by Crippen LogP contribution is -2.39. The molecule has 0 unspecified atom stereocenters. The second-order valence-electron chi connectivity index (χ2n) is 4.99. The van der Waals surface area contributed by atoms with E-state index in [1.165, 1.54) is 4.90 Å². The molecule has 0 saturated carbocycles. The molecule has 1 rings (SSSR count). The molecule has 20 heavy (non-hydrogen) atoms. The maximum atomic E-state index is 12.2. The number of nitrogens with zero attached hydrogens (tertiary/aromatic N) is 1. The molecule has 0 heterocycles. The minimum absolute atomic E-state index is 0.0369. The van der Waals surface area contributed by atoms with E-state index in [4.69, 9.17) is 11.6 Å². The average Bonchev–Trinajstić information content (AvgIpc) is 2.38. The Kier molecular flexibility index (Phi) is 6.75. The zero-order valence-corrected chi connectivity index (χ0v) is 14.7. The van der Waals surface area contributed by atoms with E-state index in [2.05, 4.69) is 27.9 Å². The van der Waals surface area contributed by atoms with E-state index in [-0.39, 0.29) is 18.4 Å². The van der Waals surface area contributed by atoms with Crippen LogP contribution in [0.4, 0.5) is 0 Å². The molecular formula is C14H18ClIN2O2. The molecule has 1 aromatic carbocycles. The quantitative estimate of drug-likeness (QED) is 0.762. The highest BCUT2D eigenvalue weighted by Crippen LogP contribution is 2.20. The summed E-state index contributed by atoms with van der Waals surface area (Å²) in [5, 5.41) is 3.32. The Hall–Kier alpha value is -0.820. The highest BCUT2D eigenvalue weighted by molar-refractivity contribution is 14.1. The molecule has 0 aliphatic carbocycles. The van der Waals surface area contributed by atoms with E-state index in [9.17, 15) is 9.59 Å². The van der Waals surface area contributed by atoms with Gasteiger partial charge < -0.3 is 10.2 Å². The summed E-state index contributed by atoms with van der Waals surface area (Å²) < 4.78 is 0.887. The van der Waals surface area contributed by atoms with Crippen LogP contribution in [0.25, 0.3) is 0 Å². The molecule has 1 N–H and O–H groups in total. The predicted molar refractivity (Wildman–Crippen MR) is 89.0 cm³/mol. The Bertz CT molecular complexity index is 506. The van der Waals surface area contributed by atoms with Crippen LogP contribution in [0.5, 0.6) is 0 Å². The highest BCUT2D eigenvalue weighted by atomic mass is 127. The minimum Gasteiger partial charge on any atom is -0.354 e. The number of hydrogen-bond acceptors (Lipinski definition) is 2. The molecule has 0 atom stereocenters. The first-order chi connectivity index (χ1) is 9.31. The van der Waals surface area contributed by atoms with Gasteiger partial charge in [0.15, 0.2) is 0 Å². The van der Waals surface area contributed by atoms with Crippen molar-refractivity contribution in [2.75, 3.05) is 20.1 Å². The van der Waals surface area contributed by atoms with Crippen molar-refractivity contribution in [3.8, 4) is 0 Å². The van der Waals surface area contributed by atoms with Gasteiger partial charge in [-0.05, 0) is 46.7 Å². The second-order valence-corrected chi connectivity index (χ2v) is 6.56. The lowest BCUT2D eigenvalue weighted by atomic mass is 10.2. The molecule has 0 aromatic heterocycles. The molecule has 0 radical (unpaired) electrons. The van der Waals surface area contributed by atoms with E-state index >= 15 is 0 Å². The molecule has 1 aromatic rings. The smallest absolute Gasteiger partial charge is 0.254 e. The third kappa shape index (κ3) is 5.28. The Morgan fingerprint density at radius 2 is 2.05 bits per heavy atom. The van der Waals surface area contributed by atoms with Gasteiger partial charge in [-0.2, -0.15) is 0 Å². The fraction of sp³-hybridized carbons (Fsp3) is 0.429. The molecule has 0 bridgehead atoms. The van der Waals surface area contributed by atoms with Gasteiger partial charge in [-0.1, -0.05) is 25.4 Å². The number of carbonyl (C=O) groups is 2. The van der Waals surface area contributed by atoms with E-state index in [1.807, 2.05) is 13.8 Å². The summed E-state index contributed by atoms with van der Waals surface area (Å²) in [7, 11) is 1.60. The maximum absolute atomic E-state index is 12.2. The summed E-state index contributed by atoms with van der Waals surface area (Å²) in [5.74, 6) is 0.00381. The minimum atomic E-state index is -0.219. The van der Waals surface area contributed by atoms with Crippen LogP contribution in [0.1, 0.15) is 24.2 Å². The zero-order valence-electron chi connectivity index (χ0n) is 11.7. The van der Waals surface area contributed by atoms with Crippen LogP contribution in [-0.4, -0.2) is 36.9 Å². The number of hydrogen-bond donors (Lipinski definition) is 1. The molecule has 110 valence electrons. The third-order valence-corrected chi connectivity index (χ3v) is 4.17. The first-order valence-electron chi connectivity index (χ1n) is 6.28. The van der Waals surface area contributed by atoms with E-state index < -0.39 is 0 Å².